The minimum Gasteiger partial charge on any atom is -0.423 e. The Labute approximate surface area is 176 Å². The van der Waals surface area contributed by atoms with Gasteiger partial charge >= 0.3 is 7.12 Å². The van der Waals surface area contributed by atoms with Crippen LogP contribution in [0.3, 0.4) is 0 Å². The highest BCUT2D eigenvalue weighted by Gasteiger charge is 2.34. The van der Waals surface area contributed by atoms with Crippen LogP contribution in [-0.4, -0.2) is 34.5 Å². The second-order valence-corrected chi connectivity index (χ2v) is 8.59. The number of benzene rings is 2. The van der Waals surface area contributed by atoms with Crippen molar-refractivity contribution in [2.75, 3.05) is 0 Å². The van der Waals surface area contributed by atoms with Gasteiger partial charge in [-0.3, -0.25) is 15.0 Å². The third kappa shape index (κ3) is 4.25. The maximum Gasteiger partial charge on any atom is 0.491 e. The second-order valence-electron chi connectivity index (χ2n) is 8.59. The van der Waals surface area contributed by atoms with Gasteiger partial charge < -0.3 is 9.68 Å². The van der Waals surface area contributed by atoms with E-state index in [2.05, 4.69) is 5.43 Å². The summed E-state index contributed by atoms with van der Waals surface area (Å²) < 4.78 is 19.0. The number of hydrazine groups is 1. The Hall–Kier alpha value is -2.71. The van der Waals surface area contributed by atoms with E-state index in [1.807, 2.05) is 19.9 Å². The first-order chi connectivity index (χ1) is 14.0. The summed E-state index contributed by atoms with van der Waals surface area (Å²) in [5.41, 5.74) is 5.47. The summed E-state index contributed by atoms with van der Waals surface area (Å²) in [7, 11) is -1.13. The maximum absolute atomic E-state index is 13.8. The molecule has 0 aliphatic carbocycles. The van der Waals surface area contributed by atoms with Crippen LogP contribution in [0.15, 0.2) is 30.3 Å². The number of carbonyl (C=O) groups excluding carboxylic acids is 2. The van der Waals surface area contributed by atoms with E-state index in [4.69, 9.17) is 4.65 Å². The number of alkyl halides is 1. The maximum atomic E-state index is 13.8. The quantitative estimate of drug-likeness (QED) is 0.600. The molecule has 2 aromatic carbocycles. The SMILES string of the molecule is Cc1cc(C)cc(C(=O)N(NC(=O)c2ccc3c(c2CF)COB3O)C(C)(C)C)c1. The summed E-state index contributed by atoms with van der Waals surface area (Å²) in [5, 5.41) is 11.1. The van der Waals surface area contributed by atoms with Crippen LogP contribution in [0.4, 0.5) is 4.39 Å². The lowest BCUT2D eigenvalue weighted by molar-refractivity contribution is 0.0358. The number of nitrogens with one attached hydrogen (secondary N) is 1. The molecule has 2 aromatic rings. The fraction of sp³-hybridized carbons (Fsp3) is 0.364. The molecule has 158 valence electrons. The van der Waals surface area contributed by atoms with Crippen molar-refractivity contribution < 1.29 is 23.7 Å². The number of hydrogen-bond acceptors (Lipinski definition) is 4. The number of halogens is 1. The molecule has 3 rings (SSSR count). The van der Waals surface area contributed by atoms with E-state index in [9.17, 15) is 19.0 Å². The van der Waals surface area contributed by atoms with Crippen LogP contribution < -0.4 is 10.9 Å². The van der Waals surface area contributed by atoms with Gasteiger partial charge in [0.1, 0.15) is 6.67 Å². The van der Waals surface area contributed by atoms with E-state index in [1.165, 1.54) is 11.1 Å². The molecular formula is C22H26BFN2O4. The molecule has 0 unspecified atom stereocenters. The Morgan fingerprint density at radius 1 is 1.20 bits per heavy atom. The lowest BCUT2D eigenvalue weighted by Gasteiger charge is -2.35. The molecule has 0 spiro atoms. The van der Waals surface area contributed by atoms with E-state index < -0.39 is 25.2 Å². The summed E-state index contributed by atoms with van der Waals surface area (Å²) in [6, 6.07) is 8.49. The largest absolute Gasteiger partial charge is 0.491 e. The summed E-state index contributed by atoms with van der Waals surface area (Å²) in [6.45, 7) is 8.35. The molecule has 1 aliphatic heterocycles. The number of aryl methyl sites for hydroxylation is 2. The molecule has 6 nitrogen and oxygen atoms in total. The smallest absolute Gasteiger partial charge is 0.423 e. The van der Waals surface area contributed by atoms with Crippen molar-refractivity contribution in [2.45, 2.75) is 53.4 Å². The molecular weight excluding hydrogens is 386 g/mol. The van der Waals surface area contributed by atoms with Crippen LogP contribution in [0, 0.1) is 13.8 Å². The molecule has 0 aromatic heterocycles. The molecule has 0 fully saturated rings. The van der Waals surface area contributed by atoms with Crippen LogP contribution >= 0.6 is 0 Å². The Bertz CT molecular complexity index is 983. The van der Waals surface area contributed by atoms with Gasteiger partial charge in [-0.05, 0) is 63.8 Å². The lowest BCUT2D eigenvalue weighted by Crippen LogP contribution is -2.56. The van der Waals surface area contributed by atoms with Crippen molar-refractivity contribution >= 4 is 24.4 Å². The van der Waals surface area contributed by atoms with Gasteiger partial charge in [0.05, 0.1) is 12.1 Å². The zero-order chi connectivity index (χ0) is 22.2. The molecule has 0 atom stereocenters. The lowest BCUT2D eigenvalue weighted by atomic mass is 9.77. The van der Waals surface area contributed by atoms with E-state index in [1.54, 1.807) is 39.0 Å². The van der Waals surface area contributed by atoms with Crippen LogP contribution in [0.25, 0.3) is 0 Å². The van der Waals surface area contributed by atoms with E-state index in [0.29, 0.717) is 16.6 Å². The van der Waals surface area contributed by atoms with E-state index in [-0.39, 0.29) is 23.6 Å². The van der Waals surface area contributed by atoms with Crippen molar-refractivity contribution in [2.24, 2.45) is 0 Å². The van der Waals surface area contributed by atoms with Gasteiger partial charge in [-0.2, -0.15) is 0 Å². The standard InChI is InChI=1S/C22H26BFN2O4/c1-13-8-14(2)10-15(9-13)21(28)26(22(3,4)5)25-20(27)16-6-7-19-18(17(16)11-24)12-30-23(19)29/h6-10,29H,11-12H2,1-5H3,(H,25,27). The number of nitrogens with zero attached hydrogens (tertiary/aromatic N) is 1. The van der Waals surface area contributed by atoms with Gasteiger partial charge in [0.25, 0.3) is 11.8 Å². The summed E-state index contributed by atoms with van der Waals surface area (Å²) >= 11 is 0. The molecule has 1 aliphatic rings. The molecule has 0 bridgehead atoms. The monoisotopic (exact) mass is 412 g/mol. The van der Waals surface area contributed by atoms with E-state index >= 15 is 0 Å². The van der Waals surface area contributed by atoms with Gasteiger partial charge in [-0.1, -0.05) is 23.3 Å². The first-order valence-electron chi connectivity index (χ1n) is 9.77. The number of amides is 2. The Kier molecular flexibility index (Phi) is 6.01. The van der Waals surface area contributed by atoms with Gasteiger partial charge in [0.15, 0.2) is 0 Å². The summed E-state index contributed by atoms with van der Waals surface area (Å²) in [6.07, 6.45) is 0. The Morgan fingerprint density at radius 3 is 2.40 bits per heavy atom. The topological polar surface area (TPSA) is 78.9 Å². The molecule has 8 heteroatoms. The first kappa shape index (κ1) is 22.0. The van der Waals surface area contributed by atoms with Crippen LogP contribution in [-0.2, 0) is 17.9 Å². The summed E-state index contributed by atoms with van der Waals surface area (Å²) in [4.78, 5) is 26.3. The minimum atomic E-state index is -1.13. The number of carbonyl (C=O) groups is 2. The van der Waals surface area contributed by atoms with Gasteiger partial charge in [-0.25, -0.2) is 9.40 Å². The molecule has 30 heavy (non-hydrogen) atoms. The molecule has 1 heterocycles. The van der Waals surface area contributed by atoms with Crippen molar-refractivity contribution in [1.29, 1.82) is 0 Å². The number of rotatable bonds is 3. The van der Waals surface area contributed by atoms with Crippen molar-refractivity contribution in [3.05, 3.63) is 63.7 Å². The fourth-order valence-corrected chi connectivity index (χ4v) is 3.64. The van der Waals surface area contributed by atoms with Crippen LogP contribution in [0.1, 0.15) is 63.7 Å². The van der Waals surface area contributed by atoms with Gasteiger partial charge in [-0.15, -0.1) is 0 Å². The number of hydrogen-bond donors (Lipinski definition) is 2. The molecule has 0 saturated heterocycles. The molecule has 2 amide bonds. The zero-order valence-electron chi connectivity index (χ0n) is 17.9. The molecule has 0 radical (unpaired) electrons. The normalized spacial score (nSPS) is 13.2. The predicted octanol–water partition coefficient (Wildman–Crippen LogP) is 2.58. The summed E-state index contributed by atoms with van der Waals surface area (Å²) in [5.74, 6) is -0.955. The molecule has 2 N–H and O–H groups in total. The van der Waals surface area contributed by atoms with Crippen molar-refractivity contribution in [3.8, 4) is 0 Å². The van der Waals surface area contributed by atoms with Gasteiger partial charge in [0, 0.05) is 16.7 Å². The van der Waals surface area contributed by atoms with Crippen LogP contribution in [0.5, 0.6) is 0 Å². The highest BCUT2D eigenvalue weighted by atomic mass is 19.1. The third-order valence-corrected chi connectivity index (χ3v) is 5.05. The van der Waals surface area contributed by atoms with Crippen molar-refractivity contribution in [3.63, 3.8) is 0 Å². The highest BCUT2D eigenvalue weighted by Crippen LogP contribution is 2.22. The Balaban J connectivity index is 1.95. The minimum absolute atomic E-state index is 0.0291. The first-order valence-corrected chi connectivity index (χ1v) is 9.77. The van der Waals surface area contributed by atoms with E-state index in [0.717, 1.165) is 11.1 Å². The van der Waals surface area contributed by atoms with Gasteiger partial charge in [0.2, 0.25) is 0 Å². The molecule has 0 saturated carbocycles. The Morgan fingerprint density at radius 2 is 1.83 bits per heavy atom. The number of fused-ring (bicyclic) bond motifs is 1. The fourth-order valence-electron chi connectivity index (χ4n) is 3.64. The predicted molar refractivity (Wildman–Crippen MR) is 113 cm³/mol. The highest BCUT2D eigenvalue weighted by molar-refractivity contribution is 6.61. The average molecular weight is 412 g/mol. The average Bonchev–Trinajstić information content (AvgIpc) is 3.04. The zero-order valence-corrected chi connectivity index (χ0v) is 17.9. The second kappa shape index (κ2) is 8.20. The third-order valence-electron chi connectivity index (χ3n) is 5.05. The van der Waals surface area contributed by atoms with Crippen LogP contribution in [0.2, 0.25) is 0 Å². The van der Waals surface area contributed by atoms with Crippen molar-refractivity contribution in [1.82, 2.24) is 10.4 Å².